The van der Waals surface area contributed by atoms with Gasteiger partial charge >= 0.3 is 0 Å². The van der Waals surface area contributed by atoms with Crippen LogP contribution in [0, 0.1) is 5.92 Å². The monoisotopic (exact) mass is 335 g/mol. The molecule has 25 heavy (non-hydrogen) atoms. The fourth-order valence-electron chi connectivity index (χ4n) is 3.89. The van der Waals surface area contributed by atoms with Crippen LogP contribution >= 0.6 is 0 Å². The van der Waals surface area contributed by atoms with Crippen molar-refractivity contribution < 1.29 is 4.79 Å². The van der Waals surface area contributed by atoms with Crippen LogP contribution in [0.2, 0.25) is 0 Å². The van der Waals surface area contributed by atoms with Gasteiger partial charge < -0.3 is 5.32 Å². The molecule has 1 N–H and O–H groups in total. The molecule has 0 spiro atoms. The first-order valence-corrected chi connectivity index (χ1v) is 9.67. The summed E-state index contributed by atoms with van der Waals surface area (Å²) in [6.45, 7) is 1.05. The van der Waals surface area contributed by atoms with Gasteiger partial charge in [0.1, 0.15) is 0 Å². The predicted octanol–water partition coefficient (Wildman–Crippen LogP) is 5.04. The molecule has 1 heterocycles. The molecule has 0 aromatic heterocycles. The van der Waals surface area contributed by atoms with E-state index in [0.29, 0.717) is 12.5 Å². The van der Waals surface area contributed by atoms with Crippen molar-refractivity contribution in [3.8, 4) is 0 Å². The second kappa shape index (κ2) is 9.53. The molecule has 2 aromatic carbocycles. The van der Waals surface area contributed by atoms with Crippen molar-refractivity contribution in [1.29, 1.82) is 0 Å². The van der Waals surface area contributed by atoms with Gasteiger partial charge in [-0.25, -0.2) is 0 Å². The van der Waals surface area contributed by atoms with Gasteiger partial charge in [-0.3, -0.25) is 4.79 Å². The van der Waals surface area contributed by atoms with E-state index in [1.165, 1.54) is 37.7 Å². The Morgan fingerprint density at radius 2 is 1.68 bits per heavy atom. The maximum absolute atomic E-state index is 12.4. The number of hydrogen-bond donors (Lipinski definition) is 1. The van der Waals surface area contributed by atoms with Gasteiger partial charge in [-0.2, -0.15) is 0 Å². The van der Waals surface area contributed by atoms with E-state index in [1.807, 2.05) is 30.3 Å². The number of carbonyl (C=O) groups is 1. The average Bonchev–Trinajstić information content (AvgIpc) is 2.67. The number of piperidine rings is 1. The fourth-order valence-corrected chi connectivity index (χ4v) is 3.89. The molecule has 2 nitrogen and oxygen atoms in total. The summed E-state index contributed by atoms with van der Waals surface area (Å²) in [6.07, 6.45) is 8.06. The second-order valence-electron chi connectivity index (χ2n) is 7.27. The molecule has 3 rings (SSSR count). The lowest BCUT2D eigenvalue weighted by molar-refractivity contribution is 0.0956. The Bertz CT molecular complexity index is 638. The summed E-state index contributed by atoms with van der Waals surface area (Å²) >= 11 is 0. The number of benzene rings is 2. The van der Waals surface area contributed by atoms with Crippen LogP contribution in [0.25, 0.3) is 0 Å². The highest BCUT2D eigenvalue weighted by Crippen LogP contribution is 2.24. The van der Waals surface area contributed by atoms with Gasteiger partial charge in [-0.15, -0.1) is 0 Å². The van der Waals surface area contributed by atoms with E-state index in [1.54, 1.807) is 0 Å². The molecule has 0 bridgehead atoms. The molecule has 2 unspecified atom stereocenters. The fraction of sp³-hybridized carbons (Fsp3) is 0.435. The summed E-state index contributed by atoms with van der Waals surface area (Å²) in [5, 5.41) is 3.55. The topological polar surface area (TPSA) is 29.1 Å². The summed E-state index contributed by atoms with van der Waals surface area (Å²) in [5.74, 6) is 1.04. The maximum atomic E-state index is 12.4. The predicted molar refractivity (Wildman–Crippen MR) is 104 cm³/mol. The molecule has 0 radical (unpaired) electrons. The third-order valence-electron chi connectivity index (χ3n) is 5.30. The highest BCUT2D eigenvalue weighted by atomic mass is 16.1. The summed E-state index contributed by atoms with van der Waals surface area (Å²) in [4.78, 5) is 12.4. The van der Waals surface area contributed by atoms with Gasteiger partial charge in [0.15, 0.2) is 5.78 Å². The Balaban J connectivity index is 1.38. The normalized spacial score (nSPS) is 20.3. The molecule has 0 saturated carbocycles. The van der Waals surface area contributed by atoms with Crippen LogP contribution in [0.1, 0.15) is 54.4 Å². The number of nitrogens with one attached hydrogen (secondary N) is 1. The van der Waals surface area contributed by atoms with E-state index >= 15 is 0 Å². The molecule has 2 heteroatoms. The molecule has 2 atom stereocenters. The van der Waals surface area contributed by atoms with Gasteiger partial charge in [-0.1, -0.05) is 73.5 Å². The molecular weight excluding hydrogens is 306 g/mol. The molecule has 2 aromatic rings. The van der Waals surface area contributed by atoms with Crippen LogP contribution in [-0.4, -0.2) is 18.4 Å². The highest BCUT2D eigenvalue weighted by molar-refractivity contribution is 5.96. The van der Waals surface area contributed by atoms with Crippen LogP contribution in [0.3, 0.4) is 0 Å². The van der Waals surface area contributed by atoms with E-state index < -0.39 is 0 Å². The Morgan fingerprint density at radius 1 is 0.960 bits per heavy atom. The van der Waals surface area contributed by atoms with Gasteiger partial charge in [0, 0.05) is 18.0 Å². The second-order valence-corrected chi connectivity index (χ2v) is 7.27. The molecule has 0 aliphatic carbocycles. The molecule has 0 amide bonds. The molecule has 1 aliphatic rings. The number of hydrogen-bond acceptors (Lipinski definition) is 2. The van der Waals surface area contributed by atoms with Crippen LogP contribution < -0.4 is 5.32 Å². The summed E-state index contributed by atoms with van der Waals surface area (Å²) in [7, 11) is 0. The lowest BCUT2D eigenvalue weighted by Gasteiger charge is -2.30. The zero-order valence-corrected chi connectivity index (χ0v) is 15.0. The van der Waals surface area contributed by atoms with E-state index in [-0.39, 0.29) is 5.78 Å². The Labute approximate surface area is 151 Å². The zero-order valence-electron chi connectivity index (χ0n) is 15.0. The van der Waals surface area contributed by atoms with Crippen molar-refractivity contribution in [2.24, 2.45) is 5.92 Å². The first-order valence-electron chi connectivity index (χ1n) is 9.67. The largest absolute Gasteiger partial charge is 0.314 e. The lowest BCUT2D eigenvalue weighted by Crippen LogP contribution is -2.39. The van der Waals surface area contributed by atoms with Crippen LogP contribution in [0.5, 0.6) is 0 Å². The van der Waals surface area contributed by atoms with E-state index in [0.717, 1.165) is 24.4 Å². The van der Waals surface area contributed by atoms with Crippen LogP contribution in [-0.2, 0) is 6.42 Å². The standard InChI is InChI=1S/C23H29NO/c25-23(21-13-5-2-6-14-21)18-22-17-20(15-16-24-22)12-8-7-11-19-9-3-1-4-10-19/h1-6,9-10,13-14,20,22,24H,7-8,11-12,15-18H2. The van der Waals surface area contributed by atoms with E-state index in [4.69, 9.17) is 0 Å². The minimum atomic E-state index is 0.267. The quantitative estimate of drug-likeness (QED) is 0.541. The van der Waals surface area contributed by atoms with Crippen LogP contribution in [0.15, 0.2) is 60.7 Å². The van der Waals surface area contributed by atoms with Crippen LogP contribution in [0.4, 0.5) is 0 Å². The minimum absolute atomic E-state index is 0.267. The third-order valence-corrected chi connectivity index (χ3v) is 5.30. The average molecular weight is 335 g/mol. The van der Waals surface area contributed by atoms with Crippen molar-refractivity contribution in [3.63, 3.8) is 0 Å². The molecular formula is C23H29NO. The van der Waals surface area contributed by atoms with Crippen molar-refractivity contribution in [1.82, 2.24) is 5.32 Å². The maximum Gasteiger partial charge on any atom is 0.164 e. The minimum Gasteiger partial charge on any atom is -0.314 e. The van der Waals surface area contributed by atoms with E-state index in [2.05, 4.69) is 35.6 Å². The van der Waals surface area contributed by atoms with Crippen molar-refractivity contribution in [2.75, 3.05) is 6.54 Å². The van der Waals surface area contributed by atoms with Gasteiger partial charge in [0.25, 0.3) is 0 Å². The lowest BCUT2D eigenvalue weighted by atomic mass is 9.85. The smallest absolute Gasteiger partial charge is 0.164 e. The Morgan fingerprint density at radius 3 is 2.44 bits per heavy atom. The number of Topliss-reactive ketones (excluding diaryl/α,β-unsaturated/α-hetero) is 1. The number of ketones is 1. The number of unbranched alkanes of at least 4 members (excludes halogenated alkanes) is 1. The molecule has 1 saturated heterocycles. The first-order chi connectivity index (χ1) is 12.3. The van der Waals surface area contributed by atoms with Crippen molar-refractivity contribution in [3.05, 3.63) is 71.8 Å². The van der Waals surface area contributed by atoms with Crippen molar-refractivity contribution >= 4 is 5.78 Å². The van der Waals surface area contributed by atoms with Crippen molar-refractivity contribution in [2.45, 2.75) is 51.0 Å². The zero-order chi connectivity index (χ0) is 17.3. The van der Waals surface area contributed by atoms with Gasteiger partial charge in [-0.05, 0) is 43.7 Å². The summed E-state index contributed by atoms with van der Waals surface area (Å²) < 4.78 is 0. The molecule has 132 valence electrons. The van der Waals surface area contributed by atoms with Gasteiger partial charge in [0.2, 0.25) is 0 Å². The summed E-state index contributed by atoms with van der Waals surface area (Å²) in [5.41, 5.74) is 2.29. The Kier molecular flexibility index (Phi) is 6.81. The first kappa shape index (κ1) is 17.9. The number of aryl methyl sites for hydroxylation is 1. The highest BCUT2D eigenvalue weighted by Gasteiger charge is 2.23. The Hall–Kier alpha value is -1.93. The molecule has 1 aliphatic heterocycles. The van der Waals surface area contributed by atoms with E-state index in [9.17, 15) is 4.79 Å². The van der Waals surface area contributed by atoms with Gasteiger partial charge in [0.05, 0.1) is 0 Å². The SMILES string of the molecule is O=C(CC1CC(CCCCc2ccccc2)CCN1)c1ccccc1. The number of carbonyl (C=O) groups excluding carboxylic acids is 1. The third kappa shape index (κ3) is 5.82. The molecule has 1 fully saturated rings. The number of rotatable bonds is 8. The summed E-state index contributed by atoms with van der Waals surface area (Å²) in [6, 6.07) is 20.8.